The lowest BCUT2D eigenvalue weighted by Crippen LogP contribution is -2.06. The van der Waals surface area contributed by atoms with Crippen LogP contribution in [0.3, 0.4) is 0 Å². The quantitative estimate of drug-likeness (QED) is 0.893. The van der Waals surface area contributed by atoms with Gasteiger partial charge in [-0.25, -0.2) is 4.98 Å². The van der Waals surface area contributed by atoms with Crippen molar-refractivity contribution < 1.29 is 4.74 Å². The fourth-order valence-corrected chi connectivity index (χ4v) is 2.98. The van der Waals surface area contributed by atoms with Gasteiger partial charge in [0, 0.05) is 23.3 Å². The molecule has 3 rings (SSSR count). The number of hydrogen-bond donors (Lipinski definition) is 1. The third-order valence-electron chi connectivity index (χ3n) is 3.86. The number of aryl methyl sites for hydroxylation is 1. The minimum atomic E-state index is 0.676. The number of nitrogens with one attached hydrogen (secondary N) is 1. The third kappa shape index (κ3) is 2.21. The normalized spacial score (nSPS) is 13.5. The first-order valence-corrected chi connectivity index (χ1v) is 7.66. The molecule has 0 aliphatic heterocycles. The highest BCUT2D eigenvalue weighted by molar-refractivity contribution is 5.97. The zero-order valence-corrected chi connectivity index (χ0v) is 12.3. The van der Waals surface area contributed by atoms with Crippen molar-refractivity contribution in [3.63, 3.8) is 0 Å². The average Bonchev–Trinajstić information content (AvgIpc) is 2.92. The van der Waals surface area contributed by atoms with Crippen molar-refractivity contribution in [2.45, 2.75) is 39.5 Å². The zero-order valence-electron chi connectivity index (χ0n) is 12.3. The van der Waals surface area contributed by atoms with Gasteiger partial charge in [0.25, 0.3) is 0 Å². The van der Waals surface area contributed by atoms with Crippen LogP contribution in [0.2, 0.25) is 0 Å². The number of benzene rings is 1. The summed E-state index contributed by atoms with van der Waals surface area (Å²) < 4.78 is 5.75. The number of ether oxygens (including phenoxy) is 1. The van der Waals surface area contributed by atoms with E-state index in [9.17, 15) is 0 Å². The van der Waals surface area contributed by atoms with Crippen LogP contribution in [0, 0.1) is 0 Å². The predicted molar refractivity (Wildman–Crippen MR) is 83.7 cm³/mol. The van der Waals surface area contributed by atoms with Crippen molar-refractivity contribution in [1.29, 1.82) is 0 Å². The van der Waals surface area contributed by atoms with E-state index in [1.165, 1.54) is 28.8 Å². The molecular weight excluding hydrogens is 248 g/mol. The van der Waals surface area contributed by atoms with E-state index >= 15 is 0 Å². The second-order valence-electron chi connectivity index (χ2n) is 5.28. The fourth-order valence-electron chi connectivity index (χ4n) is 2.98. The number of rotatable bonds is 5. The van der Waals surface area contributed by atoms with E-state index in [4.69, 9.17) is 9.72 Å². The smallest absolute Gasteiger partial charge is 0.145 e. The van der Waals surface area contributed by atoms with Crippen LogP contribution in [0.5, 0.6) is 5.75 Å². The van der Waals surface area contributed by atoms with Crippen LogP contribution in [-0.4, -0.2) is 18.1 Å². The molecule has 1 aliphatic rings. The van der Waals surface area contributed by atoms with Crippen LogP contribution in [0.1, 0.15) is 37.9 Å². The Hall–Kier alpha value is -1.77. The first-order valence-electron chi connectivity index (χ1n) is 7.66. The van der Waals surface area contributed by atoms with Gasteiger partial charge in [0.05, 0.1) is 6.61 Å². The van der Waals surface area contributed by atoms with Gasteiger partial charge < -0.3 is 10.1 Å². The molecule has 0 radical (unpaired) electrons. The molecule has 0 bridgehead atoms. The van der Waals surface area contributed by atoms with Crippen LogP contribution in [-0.2, 0) is 12.8 Å². The van der Waals surface area contributed by atoms with Crippen molar-refractivity contribution in [1.82, 2.24) is 4.98 Å². The number of para-hydroxylation sites is 1. The summed E-state index contributed by atoms with van der Waals surface area (Å²) in [5.74, 6) is 0.902. The second kappa shape index (κ2) is 5.70. The Bertz CT molecular complexity index is 622. The maximum Gasteiger partial charge on any atom is 0.145 e. The van der Waals surface area contributed by atoms with Gasteiger partial charge in [-0.05, 0) is 44.2 Å². The van der Waals surface area contributed by atoms with E-state index in [-0.39, 0.29) is 0 Å². The molecule has 1 N–H and O–H groups in total. The fraction of sp³-hybridized carbons (Fsp3) is 0.471. The van der Waals surface area contributed by atoms with Crippen molar-refractivity contribution in [2.24, 2.45) is 0 Å². The molecule has 3 nitrogen and oxygen atoms in total. The molecule has 1 aliphatic carbocycles. The van der Waals surface area contributed by atoms with Crippen LogP contribution in [0.25, 0.3) is 10.9 Å². The lowest BCUT2D eigenvalue weighted by molar-refractivity contribution is 0.343. The number of aromatic nitrogens is 1. The van der Waals surface area contributed by atoms with E-state index in [0.717, 1.165) is 37.1 Å². The molecule has 3 heteroatoms. The van der Waals surface area contributed by atoms with Gasteiger partial charge in [0.2, 0.25) is 0 Å². The van der Waals surface area contributed by atoms with Gasteiger partial charge >= 0.3 is 0 Å². The summed E-state index contributed by atoms with van der Waals surface area (Å²) in [5, 5.41) is 4.81. The lowest BCUT2D eigenvalue weighted by atomic mass is 10.1. The van der Waals surface area contributed by atoms with Crippen LogP contribution >= 0.6 is 0 Å². The zero-order chi connectivity index (χ0) is 13.9. The number of nitrogens with zero attached hydrogens (tertiary/aromatic N) is 1. The summed E-state index contributed by atoms with van der Waals surface area (Å²) in [6.07, 6.45) is 4.57. The molecule has 106 valence electrons. The Morgan fingerprint density at radius 1 is 1.25 bits per heavy atom. The van der Waals surface area contributed by atoms with Crippen LogP contribution in [0.4, 0.5) is 5.69 Å². The van der Waals surface area contributed by atoms with E-state index < -0.39 is 0 Å². The number of hydrogen-bond acceptors (Lipinski definition) is 3. The first kappa shape index (κ1) is 13.2. The maximum absolute atomic E-state index is 5.75. The molecule has 1 heterocycles. The molecule has 1 aromatic carbocycles. The molecule has 2 aromatic rings. The predicted octanol–water partition coefficient (Wildman–Crippen LogP) is 3.94. The largest absolute Gasteiger partial charge is 0.492 e. The molecule has 20 heavy (non-hydrogen) atoms. The molecule has 0 spiro atoms. The summed E-state index contributed by atoms with van der Waals surface area (Å²) in [4.78, 5) is 4.88. The van der Waals surface area contributed by atoms with Crippen LogP contribution < -0.4 is 10.1 Å². The van der Waals surface area contributed by atoms with Gasteiger partial charge in [-0.15, -0.1) is 0 Å². The molecular formula is C17H22N2O. The minimum Gasteiger partial charge on any atom is -0.492 e. The maximum atomic E-state index is 5.75. The average molecular weight is 270 g/mol. The minimum absolute atomic E-state index is 0.676. The Morgan fingerprint density at radius 3 is 2.95 bits per heavy atom. The lowest BCUT2D eigenvalue weighted by Gasteiger charge is -2.16. The van der Waals surface area contributed by atoms with E-state index in [1.807, 2.05) is 13.0 Å². The molecule has 1 aromatic heterocycles. The summed E-state index contributed by atoms with van der Waals surface area (Å²) in [6, 6.07) is 6.23. The number of pyridine rings is 1. The monoisotopic (exact) mass is 270 g/mol. The highest BCUT2D eigenvalue weighted by Crippen LogP contribution is 2.37. The number of fused-ring (bicyclic) bond motifs is 2. The van der Waals surface area contributed by atoms with Gasteiger partial charge in [-0.1, -0.05) is 19.1 Å². The molecule has 0 unspecified atom stereocenters. The van der Waals surface area contributed by atoms with Gasteiger partial charge in [0.1, 0.15) is 11.3 Å². The summed E-state index contributed by atoms with van der Waals surface area (Å²) >= 11 is 0. The van der Waals surface area contributed by atoms with E-state index in [0.29, 0.717) is 6.61 Å². The standard InChI is InChI=1S/C17H22N2O/c1-3-11-18-16-12-7-5-9-14(12)19-17-13(16)8-6-10-15(17)20-4-2/h6,8,10H,3-5,7,9,11H2,1-2H3,(H,18,19). The molecule has 0 atom stereocenters. The van der Waals surface area contributed by atoms with Gasteiger partial charge in [0.15, 0.2) is 0 Å². The second-order valence-corrected chi connectivity index (χ2v) is 5.28. The third-order valence-corrected chi connectivity index (χ3v) is 3.86. The topological polar surface area (TPSA) is 34.2 Å². The van der Waals surface area contributed by atoms with Crippen molar-refractivity contribution in [3.05, 3.63) is 29.5 Å². The highest BCUT2D eigenvalue weighted by Gasteiger charge is 2.20. The molecule has 0 fully saturated rings. The molecule has 0 amide bonds. The SMILES string of the molecule is CCCNc1c2c(nc3c(OCC)cccc13)CCC2. The highest BCUT2D eigenvalue weighted by atomic mass is 16.5. The van der Waals surface area contributed by atoms with Crippen LogP contribution in [0.15, 0.2) is 18.2 Å². The Balaban J connectivity index is 2.20. The summed E-state index contributed by atoms with van der Waals surface area (Å²) in [7, 11) is 0. The van der Waals surface area contributed by atoms with Crippen molar-refractivity contribution in [3.8, 4) is 5.75 Å². The van der Waals surface area contributed by atoms with Crippen molar-refractivity contribution >= 4 is 16.6 Å². The van der Waals surface area contributed by atoms with Gasteiger partial charge in [-0.3, -0.25) is 0 Å². The first-order chi connectivity index (χ1) is 9.85. The number of anilines is 1. The van der Waals surface area contributed by atoms with Crippen molar-refractivity contribution in [2.75, 3.05) is 18.5 Å². The van der Waals surface area contributed by atoms with Gasteiger partial charge in [-0.2, -0.15) is 0 Å². The van der Waals surface area contributed by atoms with E-state index in [2.05, 4.69) is 24.4 Å². The summed E-state index contributed by atoms with van der Waals surface area (Å²) in [6.45, 7) is 5.89. The Labute approximate surface area is 120 Å². The Kier molecular flexibility index (Phi) is 3.77. The molecule has 0 saturated carbocycles. The molecule has 0 saturated heterocycles. The summed E-state index contributed by atoms with van der Waals surface area (Å²) in [5.41, 5.74) is 4.96. The van der Waals surface area contributed by atoms with E-state index in [1.54, 1.807) is 0 Å². The Morgan fingerprint density at radius 2 is 2.15 bits per heavy atom.